The van der Waals surface area contributed by atoms with E-state index in [4.69, 9.17) is 9.84 Å². The van der Waals surface area contributed by atoms with Crippen molar-refractivity contribution in [2.45, 2.75) is 0 Å². The van der Waals surface area contributed by atoms with Gasteiger partial charge in [0.1, 0.15) is 23.1 Å². The molecular formula is C23H17N3O4. The monoisotopic (exact) mass is 399 g/mol. The fourth-order valence-corrected chi connectivity index (χ4v) is 2.44. The van der Waals surface area contributed by atoms with Crippen LogP contribution >= 0.6 is 0 Å². The van der Waals surface area contributed by atoms with Crippen molar-refractivity contribution in [3.8, 4) is 17.6 Å². The van der Waals surface area contributed by atoms with Crippen LogP contribution in [-0.2, 0) is 4.79 Å². The number of nitrogens with zero attached hydrogens (tertiary/aromatic N) is 1. The number of aromatic carboxylic acids is 1. The van der Waals surface area contributed by atoms with Crippen LogP contribution in [-0.4, -0.2) is 17.0 Å². The third kappa shape index (κ3) is 5.47. The molecule has 0 aromatic heterocycles. The largest absolute Gasteiger partial charge is 0.478 e. The average Bonchev–Trinajstić information content (AvgIpc) is 2.76. The van der Waals surface area contributed by atoms with Crippen molar-refractivity contribution in [3.05, 3.63) is 96.2 Å². The highest BCUT2D eigenvalue weighted by Gasteiger charge is 2.10. The van der Waals surface area contributed by atoms with Crippen LogP contribution in [0.3, 0.4) is 0 Å². The van der Waals surface area contributed by atoms with Gasteiger partial charge in [-0.2, -0.15) is 5.26 Å². The molecule has 30 heavy (non-hydrogen) atoms. The van der Waals surface area contributed by atoms with E-state index in [1.165, 1.54) is 30.5 Å². The molecule has 0 radical (unpaired) electrons. The number of carboxylic acids is 1. The fourth-order valence-electron chi connectivity index (χ4n) is 2.44. The van der Waals surface area contributed by atoms with E-state index < -0.39 is 11.9 Å². The topological polar surface area (TPSA) is 111 Å². The zero-order valence-electron chi connectivity index (χ0n) is 15.7. The maximum atomic E-state index is 12.3. The summed E-state index contributed by atoms with van der Waals surface area (Å²) in [5.74, 6) is -0.302. The van der Waals surface area contributed by atoms with Crippen molar-refractivity contribution in [1.29, 1.82) is 5.26 Å². The molecule has 0 aliphatic carbocycles. The highest BCUT2D eigenvalue weighted by atomic mass is 16.5. The Morgan fingerprint density at radius 1 is 0.867 bits per heavy atom. The van der Waals surface area contributed by atoms with E-state index in [0.29, 0.717) is 17.1 Å². The Morgan fingerprint density at radius 2 is 1.47 bits per heavy atom. The second-order valence-electron chi connectivity index (χ2n) is 6.09. The van der Waals surface area contributed by atoms with E-state index >= 15 is 0 Å². The minimum absolute atomic E-state index is 0.102. The number of para-hydroxylation sites is 1. The maximum Gasteiger partial charge on any atom is 0.335 e. The Hall–Kier alpha value is -4.57. The zero-order chi connectivity index (χ0) is 21.3. The van der Waals surface area contributed by atoms with Gasteiger partial charge in [-0.1, -0.05) is 18.2 Å². The number of carboxylic acid groups (broad SMARTS) is 1. The van der Waals surface area contributed by atoms with E-state index in [0.717, 1.165) is 5.75 Å². The molecular weight excluding hydrogens is 382 g/mol. The van der Waals surface area contributed by atoms with Crippen molar-refractivity contribution in [2.24, 2.45) is 0 Å². The van der Waals surface area contributed by atoms with E-state index in [1.807, 2.05) is 36.4 Å². The van der Waals surface area contributed by atoms with Gasteiger partial charge >= 0.3 is 5.97 Å². The molecule has 0 aliphatic heterocycles. The van der Waals surface area contributed by atoms with Crippen LogP contribution in [0.15, 0.2) is 90.6 Å². The number of anilines is 2. The van der Waals surface area contributed by atoms with Crippen LogP contribution in [0.2, 0.25) is 0 Å². The normalized spacial score (nSPS) is 10.6. The van der Waals surface area contributed by atoms with Gasteiger partial charge in [-0.15, -0.1) is 0 Å². The summed E-state index contributed by atoms with van der Waals surface area (Å²) in [5, 5.41) is 23.6. The van der Waals surface area contributed by atoms with Gasteiger partial charge in [0.2, 0.25) is 0 Å². The number of nitrogens with one attached hydrogen (secondary N) is 2. The van der Waals surface area contributed by atoms with Crippen LogP contribution in [0.5, 0.6) is 11.5 Å². The summed E-state index contributed by atoms with van der Waals surface area (Å²) in [4.78, 5) is 23.1. The first-order chi connectivity index (χ1) is 14.5. The summed E-state index contributed by atoms with van der Waals surface area (Å²) in [5.41, 5.74) is 1.02. The molecule has 7 nitrogen and oxygen atoms in total. The van der Waals surface area contributed by atoms with E-state index in [-0.39, 0.29) is 11.1 Å². The lowest BCUT2D eigenvalue weighted by atomic mass is 10.2. The second-order valence-corrected chi connectivity index (χ2v) is 6.09. The number of nitriles is 1. The Balaban J connectivity index is 1.61. The van der Waals surface area contributed by atoms with Crippen LogP contribution in [0, 0.1) is 11.3 Å². The third-order valence-electron chi connectivity index (χ3n) is 3.97. The molecule has 0 bridgehead atoms. The minimum atomic E-state index is -1.06. The van der Waals surface area contributed by atoms with Gasteiger partial charge in [0.15, 0.2) is 0 Å². The fraction of sp³-hybridized carbons (Fsp3) is 0. The summed E-state index contributed by atoms with van der Waals surface area (Å²) < 4.78 is 5.71. The lowest BCUT2D eigenvalue weighted by Crippen LogP contribution is -2.14. The van der Waals surface area contributed by atoms with Crippen LogP contribution < -0.4 is 15.4 Å². The van der Waals surface area contributed by atoms with Crippen molar-refractivity contribution in [3.63, 3.8) is 0 Å². The van der Waals surface area contributed by atoms with Gasteiger partial charge in [-0.3, -0.25) is 4.79 Å². The molecule has 3 aromatic carbocycles. The SMILES string of the molecule is N#C/C(=C/Nc1ccc(Oc2ccccc2)cc1)C(=O)Nc1ccc(C(=O)O)cc1. The lowest BCUT2D eigenvalue weighted by Gasteiger charge is -2.07. The number of ether oxygens (including phenoxy) is 1. The summed E-state index contributed by atoms with van der Waals surface area (Å²) in [6.07, 6.45) is 1.30. The van der Waals surface area contributed by atoms with E-state index in [9.17, 15) is 14.9 Å². The van der Waals surface area contributed by atoms with E-state index in [2.05, 4.69) is 10.6 Å². The van der Waals surface area contributed by atoms with E-state index in [1.54, 1.807) is 24.3 Å². The molecule has 0 unspecified atom stereocenters. The van der Waals surface area contributed by atoms with Crippen molar-refractivity contribution >= 4 is 23.3 Å². The number of hydrogen-bond acceptors (Lipinski definition) is 5. The molecule has 0 heterocycles. The van der Waals surface area contributed by atoms with Gasteiger partial charge in [-0.25, -0.2) is 4.79 Å². The van der Waals surface area contributed by atoms with Crippen LogP contribution in [0.4, 0.5) is 11.4 Å². The molecule has 0 aliphatic rings. The molecule has 0 fully saturated rings. The van der Waals surface area contributed by atoms with Crippen molar-refractivity contribution in [1.82, 2.24) is 0 Å². The van der Waals surface area contributed by atoms with Gasteiger partial charge in [-0.05, 0) is 60.7 Å². The zero-order valence-corrected chi connectivity index (χ0v) is 15.7. The Labute approximate surface area is 172 Å². The molecule has 3 N–H and O–H groups in total. The summed E-state index contributed by atoms with van der Waals surface area (Å²) in [7, 11) is 0. The second kappa shape index (κ2) is 9.57. The van der Waals surface area contributed by atoms with Crippen LogP contribution in [0.1, 0.15) is 10.4 Å². The molecule has 3 rings (SSSR count). The Kier molecular flexibility index (Phi) is 6.44. The predicted molar refractivity (Wildman–Crippen MR) is 112 cm³/mol. The summed E-state index contributed by atoms with van der Waals surface area (Å²) in [6, 6.07) is 23.9. The maximum absolute atomic E-state index is 12.3. The predicted octanol–water partition coefficient (Wildman–Crippen LogP) is 4.64. The third-order valence-corrected chi connectivity index (χ3v) is 3.97. The number of carbonyl (C=O) groups is 2. The molecule has 0 saturated heterocycles. The Bertz CT molecular complexity index is 1100. The molecule has 0 spiro atoms. The van der Waals surface area contributed by atoms with Gasteiger partial charge < -0.3 is 20.5 Å². The first-order valence-corrected chi connectivity index (χ1v) is 8.89. The molecule has 0 atom stereocenters. The van der Waals surface area contributed by atoms with Crippen LogP contribution in [0.25, 0.3) is 0 Å². The number of amides is 1. The van der Waals surface area contributed by atoms with Crippen molar-refractivity contribution < 1.29 is 19.4 Å². The van der Waals surface area contributed by atoms with Gasteiger partial charge in [0, 0.05) is 17.6 Å². The van der Waals surface area contributed by atoms with Crippen molar-refractivity contribution in [2.75, 3.05) is 10.6 Å². The number of carbonyl (C=O) groups excluding carboxylic acids is 1. The highest BCUT2D eigenvalue weighted by Crippen LogP contribution is 2.22. The average molecular weight is 399 g/mol. The quantitative estimate of drug-likeness (QED) is 0.394. The highest BCUT2D eigenvalue weighted by molar-refractivity contribution is 6.06. The van der Waals surface area contributed by atoms with Gasteiger partial charge in [0.05, 0.1) is 5.56 Å². The lowest BCUT2D eigenvalue weighted by molar-refractivity contribution is -0.112. The molecule has 148 valence electrons. The molecule has 1 amide bonds. The smallest absolute Gasteiger partial charge is 0.335 e. The molecule has 0 saturated carbocycles. The summed E-state index contributed by atoms with van der Waals surface area (Å²) >= 11 is 0. The standard InChI is InChI=1S/C23H17N3O4/c24-14-17(22(27)26-19-8-6-16(7-9-19)23(28)29)15-25-18-10-12-21(13-11-18)30-20-4-2-1-3-5-20/h1-13,15,25H,(H,26,27)(H,28,29)/b17-15-. The Morgan fingerprint density at radius 3 is 2.07 bits per heavy atom. The molecule has 3 aromatic rings. The molecule has 7 heteroatoms. The number of hydrogen-bond donors (Lipinski definition) is 3. The minimum Gasteiger partial charge on any atom is -0.478 e. The number of rotatable bonds is 7. The summed E-state index contributed by atoms with van der Waals surface area (Å²) in [6.45, 7) is 0. The van der Waals surface area contributed by atoms with Gasteiger partial charge in [0.25, 0.3) is 5.91 Å². The first kappa shape index (κ1) is 20.2. The first-order valence-electron chi connectivity index (χ1n) is 8.89. The number of benzene rings is 3.